The summed E-state index contributed by atoms with van der Waals surface area (Å²) in [6.07, 6.45) is 1.35. The number of rotatable bonds is 7. The van der Waals surface area contributed by atoms with Crippen LogP contribution in [0, 0.1) is 6.92 Å². The van der Waals surface area contributed by atoms with Gasteiger partial charge < -0.3 is 14.7 Å². The van der Waals surface area contributed by atoms with Crippen LogP contribution in [0.5, 0.6) is 11.5 Å². The van der Waals surface area contributed by atoms with E-state index in [9.17, 15) is 0 Å². The van der Waals surface area contributed by atoms with Crippen molar-refractivity contribution in [1.29, 1.82) is 0 Å². The maximum Gasteiger partial charge on any atom is 0.128 e. The van der Waals surface area contributed by atoms with E-state index in [4.69, 9.17) is 14.7 Å². The van der Waals surface area contributed by atoms with Crippen molar-refractivity contribution in [3.8, 4) is 11.5 Å². The second kappa shape index (κ2) is 8.73. The van der Waals surface area contributed by atoms with E-state index in [0.29, 0.717) is 30.4 Å². The quantitative estimate of drug-likeness (QED) is 0.307. The summed E-state index contributed by atoms with van der Waals surface area (Å²) in [6, 6.07) is 11.8. The highest BCUT2D eigenvalue weighted by molar-refractivity contribution is 9.10. The number of oxime groups is 1. The zero-order chi connectivity index (χ0) is 17.5. The second-order valence-corrected chi connectivity index (χ2v) is 6.74. The average Bonchev–Trinajstić information content (AvgIpc) is 2.53. The molecule has 0 heterocycles. The highest BCUT2D eigenvalue weighted by Gasteiger charge is 2.08. The van der Waals surface area contributed by atoms with Crippen molar-refractivity contribution in [3.63, 3.8) is 0 Å². The third kappa shape index (κ3) is 4.99. The minimum atomic E-state index is 0.402. The Morgan fingerprint density at radius 3 is 2.46 bits per heavy atom. The van der Waals surface area contributed by atoms with E-state index in [2.05, 4.69) is 60.1 Å². The van der Waals surface area contributed by atoms with Crippen molar-refractivity contribution in [2.75, 3.05) is 13.2 Å². The Balaban J connectivity index is 1.98. The van der Waals surface area contributed by atoms with Gasteiger partial charge in [0.2, 0.25) is 0 Å². The summed E-state index contributed by atoms with van der Waals surface area (Å²) in [7, 11) is 0. The SMILES string of the molecule is Cc1ccc(C(C)C)c(OCCOc2ccc(Br)cc2C=NO)c1. The molecular weight excluding hydrogens is 370 g/mol. The van der Waals surface area contributed by atoms with Crippen molar-refractivity contribution in [2.24, 2.45) is 5.16 Å². The van der Waals surface area contributed by atoms with Gasteiger partial charge in [0.05, 0.1) is 6.21 Å². The molecule has 0 radical (unpaired) electrons. The standard InChI is InChI=1S/C19H22BrNO3/c1-13(2)17-6-4-14(3)10-19(17)24-9-8-23-18-7-5-16(20)11-15(18)12-21-22/h4-7,10-13,22H,8-9H2,1-3H3. The molecule has 0 saturated carbocycles. The molecule has 2 rings (SSSR count). The molecule has 0 aliphatic carbocycles. The fraction of sp³-hybridized carbons (Fsp3) is 0.316. The first-order chi connectivity index (χ1) is 11.5. The molecule has 2 aromatic carbocycles. The van der Waals surface area contributed by atoms with Crippen molar-refractivity contribution < 1.29 is 14.7 Å². The Labute approximate surface area is 151 Å². The lowest BCUT2D eigenvalue weighted by atomic mass is 10.0. The number of aryl methyl sites for hydroxylation is 1. The predicted molar refractivity (Wildman–Crippen MR) is 99.8 cm³/mol. The van der Waals surface area contributed by atoms with Crippen LogP contribution in [0.15, 0.2) is 46.0 Å². The van der Waals surface area contributed by atoms with E-state index in [1.165, 1.54) is 17.3 Å². The maximum absolute atomic E-state index is 8.74. The highest BCUT2D eigenvalue weighted by Crippen LogP contribution is 2.27. The van der Waals surface area contributed by atoms with E-state index in [0.717, 1.165) is 10.2 Å². The van der Waals surface area contributed by atoms with Crippen molar-refractivity contribution in [3.05, 3.63) is 57.6 Å². The Kier molecular flexibility index (Phi) is 6.67. The lowest BCUT2D eigenvalue weighted by molar-refractivity contribution is 0.215. The number of nitrogens with zero attached hydrogens (tertiary/aromatic N) is 1. The van der Waals surface area contributed by atoms with Gasteiger partial charge in [-0.2, -0.15) is 0 Å². The predicted octanol–water partition coefficient (Wildman–Crippen LogP) is 5.15. The average molecular weight is 392 g/mol. The Morgan fingerprint density at radius 2 is 1.79 bits per heavy atom. The van der Waals surface area contributed by atoms with Crippen LogP contribution in [0.2, 0.25) is 0 Å². The third-order valence-electron chi connectivity index (χ3n) is 3.56. The van der Waals surface area contributed by atoms with Gasteiger partial charge in [-0.25, -0.2) is 0 Å². The summed E-state index contributed by atoms with van der Waals surface area (Å²) in [6.45, 7) is 7.19. The lowest BCUT2D eigenvalue weighted by Gasteiger charge is -2.15. The first kappa shape index (κ1) is 18.3. The van der Waals surface area contributed by atoms with Gasteiger partial charge in [0.25, 0.3) is 0 Å². The fourth-order valence-electron chi connectivity index (χ4n) is 2.36. The number of halogens is 1. The van der Waals surface area contributed by atoms with Crippen molar-refractivity contribution in [1.82, 2.24) is 0 Å². The highest BCUT2D eigenvalue weighted by atomic mass is 79.9. The molecule has 0 bridgehead atoms. The number of hydrogen-bond donors (Lipinski definition) is 1. The number of benzene rings is 2. The largest absolute Gasteiger partial charge is 0.490 e. The molecule has 0 spiro atoms. The molecule has 128 valence electrons. The van der Waals surface area contributed by atoms with Crippen LogP contribution in [0.25, 0.3) is 0 Å². The van der Waals surface area contributed by atoms with Gasteiger partial charge in [0.1, 0.15) is 24.7 Å². The van der Waals surface area contributed by atoms with Crippen LogP contribution < -0.4 is 9.47 Å². The molecule has 0 aromatic heterocycles. The molecule has 5 heteroatoms. The van der Waals surface area contributed by atoms with Gasteiger partial charge in [-0.05, 0) is 48.2 Å². The molecule has 2 aromatic rings. The molecule has 0 aliphatic rings. The molecule has 0 fully saturated rings. The van der Waals surface area contributed by atoms with Crippen LogP contribution in [-0.2, 0) is 0 Å². The summed E-state index contributed by atoms with van der Waals surface area (Å²) >= 11 is 3.38. The number of ether oxygens (including phenoxy) is 2. The van der Waals surface area contributed by atoms with E-state index >= 15 is 0 Å². The third-order valence-corrected chi connectivity index (χ3v) is 4.05. The minimum Gasteiger partial charge on any atom is -0.490 e. The van der Waals surface area contributed by atoms with Crippen LogP contribution in [-0.4, -0.2) is 24.6 Å². The summed E-state index contributed by atoms with van der Waals surface area (Å²) < 4.78 is 12.5. The topological polar surface area (TPSA) is 51.0 Å². The molecule has 4 nitrogen and oxygen atoms in total. The van der Waals surface area contributed by atoms with E-state index in [1.807, 2.05) is 18.2 Å². The monoisotopic (exact) mass is 391 g/mol. The zero-order valence-corrected chi connectivity index (χ0v) is 15.7. The summed E-state index contributed by atoms with van der Waals surface area (Å²) in [4.78, 5) is 0. The van der Waals surface area contributed by atoms with Gasteiger partial charge in [0, 0.05) is 10.0 Å². The van der Waals surface area contributed by atoms with Crippen LogP contribution in [0.3, 0.4) is 0 Å². The molecule has 1 N–H and O–H groups in total. The second-order valence-electron chi connectivity index (χ2n) is 5.82. The maximum atomic E-state index is 8.74. The Bertz CT molecular complexity index is 714. The lowest BCUT2D eigenvalue weighted by Crippen LogP contribution is -2.11. The van der Waals surface area contributed by atoms with Crippen LogP contribution >= 0.6 is 15.9 Å². The van der Waals surface area contributed by atoms with Crippen molar-refractivity contribution >= 4 is 22.1 Å². The first-order valence-corrected chi connectivity index (χ1v) is 8.63. The van der Waals surface area contributed by atoms with Gasteiger partial charge >= 0.3 is 0 Å². The van der Waals surface area contributed by atoms with E-state index in [1.54, 1.807) is 0 Å². The molecule has 0 amide bonds. The van der Waals surface area contributed by atoms with E-state index in [-0.39, 0.29) is 0 Å². The summed E-state index contributed by atoms with van der Waals surface area (Å²) in [5.41, 5.74) is 3.06. The molecule has 0 saturated heterocycles. The molecular formula is C19H22BrNO3. The minimum absolute atomic E-state index is 0.402. The fourth-order valence-corrected chi connectivity index (χ4v) is 2.74. The van der Waals surface area contributed by atoms with Crippen LogP contribution in [0.1, 0.15) is 36.5 Å². The van der Waals surface area contributed by atoms with Gasteiger partial charge in [0.15, 0.2) is 0 Å². The van der Waals surface area contributed by atoms with Gasteiger partial charge in [-0.1, -0.05) is 47.1 Å². The first-order valence-electron chi connectivity index (χ1n) is 7.84. The van der Waals surface area contributed by atoms with Gasteiger partial charge in [-0.3, -0.25) is 0 Å². The molecule has 24 heavy (non-hydrogen) atoms. The zero-order valence-electron chi connectivity index (χ0n) is 14.1. The Morgan fingerprint density at radius 1 is 1.08 bits per heavy atom. The van der Waals surface area contributed by atoms with Crippen LogP contribution in [0.4, 0.5) is 0 Å². The van der Waals surface area contributed by atoms with E-state index < -0.39 is 0 Å². The normalized spacial score (nSPS) is 11.2. The summed E-state index contributed by atoms with van der Waals surface area (Å²) in [5.74, 6) is 1.95. The van der Waals surface area contributed by atoms with Gasteiger partial charge in [-0.15, -0.1) is 0 Å². The number of hydrogen-bond acceptors (Lipinski definition) is 4. The molecule has 0 aliphatic heterocycles. The summed E-state index contributed by atoms with van der Waals surface area (Å²) in [5, 5.41) is 11.8. The Hall–Kier alpha value is -2.01. The molecule has 0 atom stereocenters. The smallest absolute Gasteiger partial charge is 0.128 e. The molecule has 0 unspecified atom stereocenters. The van der Waals surface area contributed by atoms with Crippen molar-refractivity contribution in [2.45, 2.75) is 26.7 Å².